The van der Waals surface area contributed by atoms with Crippen LogP contribution in [0.4, 0.5) is 0 Å². The van der Waals surface area contributed by atoms with Gasteiger partial charge in [0.25, 0.3) is 5.91 Å². The van der Waals surface area contributed by atoms with Crippen LogP contribution in [0.3, 0.4) is 0 Å². The topological polar surface area (TPSA) is 217 Å². The van der Waals surface area contributed by atoms with E-state index in [4.69, 9.17) is 0 Å². The molecule has 1 unspecified atom stereocenters. The molecule has 0 aromatic carbocycles. The molecule has 2 aliphatic carbocycles. The van der Waals surface area contributed by atoms with Crippen LogP contribution in [0.2, 0.25) is 0 Å². The zero-order chi connectivity index (χ0) is 35.2. The first-order valence-electron chi connectivity index (χ1n) is 17.6. The fraction of sp³-hybridized carbons (Fsp3) is 0.788. The van der Waals surface area contributed by atoms with Gasteiger partial charge in [-0.15, -0.1) is 10.2 Å². The fourth-order valence-electron chi connectivity index (χ4n) is 6.10. The summed E-state index contributed by atoms with van der Waals surface area (Å²) in [5.74, 6) is -2.25. The van der Waals surface area contributed by atoms with Crippen molar-refractivity contribution in [3.63, 3.8) is 0 Å². The number of tetrazole rings is 1. The molecule has 2 fully saturated rings. The molecule has 1 aromatic heterocycles. The van der Waals surface area contributed by atoms with Gasteiger partial charge in [-0.25, -0.2) is 0 Å². The number of carbonyl (C=O) groups is 6. The number of H-pyrrole nitrogens is 1. The van der Waals surface area contributed by atoms with Crippen molar-refractivity contribution >= 4 is 35.3 Å². The Kier molecular flexibility index (Phi) is 15.4. The average Bonchev–Trinajstić information content (AvgIpc) is 3.49. The lowest BCUT2D eigenvalue weighted by atomic mass is 9.91. The van der Waals surface area contributed by atoms with E-state index in [2.05, 4.69) is 47.2 Å². The van der Waals surface area contributed by atoms with Crippen LogP contribution in [0.25, 0.3) is 0 Å². The molecule has 0 bridgehead atoms. The highest BCUT2D eigenvalue weighted by atomic mass is 16.2. The first-order valence-corrected chi connectivity index (χ1v) is 17.6. The lowest BCUT2D eigenvalue weighted by molar-refractivity contribution is -0.140. The number of aromatic amines is 1. The van der Waals surface area contributed by atoms with Gasteiger partial charge in [-0.2, -0.15) is 5.21 Å². The molecule has 1 heterocycles. The number of nitrogens with zero attached hydrogens (tertiary/aromatic N) is 3. The van der Waals surface area contributed by atoms with E-state index in [0.717, 1.165) is 32.1 Å². The van der Waals surface area contributed by atoms with Crippen molar-refractivity contribution in [3.05, 3.63) is 5.82 Å². The number of carbonyl (C=O) groups excluding carboxylic acids is 6. The summed E-state index contributed by atoms with van der Waals surface area (Å²) in [4.78, 5) is 77.3. The summed E-state index contributed by atoms with van der Waals surface area (Å²) >= 11 is 0. The van der Waals surface area contributed by atoms with Crippen LogP contribution in [0, 0.1) is 23.7 Å². The molecule has 3 rings (SSSR count). The van der Waals surface area contributed by atoms with Crippen molar-refractivity contribution in [3.8, 4) is 0 Å². The standard InChI is InChI=1S/C33H55N9O6/c1-6-10-24(30(45)33(48)35-23-15-16-23)36-27(44)17-21-11-9-12-22(21)18-34-31(46)28(19(2)3)38-32(47)29(20(4)5)37-26(43)14-8-7-13-25-39-41-42-40-25/h19-24,28-29H,6-18H2,1-5H3,(H,34,46)(H,35,48)(H,36,44)(H,37,43)(H,38,47)(H,39,40,41,42)/t21-,22+,24?,28+,29-/m1/s1. The maximum atomic E-state index is 13.3. The summed E-state index contributed by atoms with van der Waals surface area (Å²) in [6.45, 7) is 9.62. The Hall–Kier alpha value is -3.91. The molecule has 0 radical (unpaired) electrons. The molecule has 15 nitrogen and oxygen atoms in total. The van der Waals surface area contributed by atoms with E-state index in [1.807, 2.05) is 34.6 Å². The number of hydrogen-bond acceptors (Lipinski definition) is 9. The van der Waals surface area contributed by atoms with E-state index in [1.165, 1.54) is 0 Å². The number of hydrogen-bond donors (Lipinski definition) is 6. The van der Waals surface area contributed by atoms with Crippen molar-refractivity contribution in [2.75, 3.05) is 6.54 Å². The van der Waals surface area contributed by atoms with E-state index in [-0.39, 0.29) is 60.3 Å². The predicted octanol–water partition coefficient (Wildman–Crippen LogP) is 1.25. The highest BCUT2D eigenvalue weighted by Gasteiger charge is 2.35. The zero-order valence-electron chi connectivity index (χ0n) is 29.1. The first-order chi connectivity index (χ1) is 22.9. The molecule has 0 saturated heterocycles. The number of ketones is 1. The molecule has 0 spiro atoms. The van der Waals surface area contributed by atoms with Crippen LogP contribution in [-0.2, 0) is 35.2 Å². The second-order valence-corrected chi connectivity index (χ2v) is 14.0. The molecule has 2 aliphatic rings. The van der Waals surface area contributed by atoms with Crippen LogP contribution < -0.4 is 26.6 Å². The van der Waals surface area contributed by atoms with Gasteiger partial charge in [0.05, 0.1) is 6.04 Å². The Morgan fingerprint density at radius 3 is 2.15 bits per heavy atom. The molecule has 5 amide bonds. The molecule has 0 aliphatic heterocycles. The third-order valence-corrected chi connectivity index (χ3v) is 9.12. The number of aryl methyl sites for hydroxylation is 1. The smallest absolute Gasteiger partial charge is 0.289 e. The van der Waals surface area contributed by atoms with Crippen molar-refractivity contribution in [1.82, 2.24) is 47.2 Å². The minimum absolute atomic E-state index is 0.0165. The molecule has 48 heavy (non-hydrogen) atoms. The minimum atomic E-state index is -0.849. The average molecular weight is 674 g/mol. The van der Waals surface area contributed by atoms with Crippen LogP contribution in [0.1, 0.15) is 111 Å². The normalized spacial score (nSPS) is 19.3. The van der Waals surface area contributed by atoms with Crippen molar-refractivity contribution < 1.29 is 28.8 Å². The Morgan fingerprint density at radius 1 is 0.833 bits per heavy atom. The van der Waals surface area contributed by atoms with Gasteiger partial charge in [0.1, 0.15) is 12.1 Å². The van der Waals surface area contributed by atoms with Gasteiger partial charge in [0.15, 0.2) is 5.82 Å². The summed E-state index contributed by atoms with van der Waals surface area (Å²) in [7, 11) is 0. The van der Waals surface area contributed by atoms with Gasteiger partial charge < -0.3 is 26.6 Å². The van der Waals surface area contributed by atoms with Gasteiger partial charge in [-0.3, -0.25) is 28.8 Å². The minimum Gasteiger partial charge on any atom is -0.354 e. The van der Waals surface area contributed by atoms with Gasteiger partial charge >= 0.3 is 0 Å². The van der Waals surface area contributed by atoms with Gasteiger partial charge in [-0.1, -0.05) is 52.7 Å². The van der Waals surface area contributed by atoms with Crippen molar-refractivity contribution in [2.45, 2.75) is 136 Å². The summed E-state index contributed by atoms with van der Waals surface area (Å²) in [5.41, 5.74) is 0. The Bertz CT molecular complexity index is 1230. The maximum Gasteiger partial charge on any atom is 0.289 e. The highest BCUT2D eigenvalue weighted by Crippen LogP contribution is 2.33. The van der Waals surface area contributed by atoms with E-state index >= 15 is 0 Å². The number of Topliss-reactive ketones (excluding diaryl/α,β-unsaturated/α-hetero) is 1. The Balaban J connectivity index is 1.47. The summed E-state index contributed by atoms with van der Waals surface area (Å²) in [5, 5.41) is 27.9. The van der Waals surface area contributed by atoms with Crippen LogP contribution >= 0.6 is 0 Å². The fourth-order valence-corrected chi connectivity index (χ4v) is 6.10. The molecule has 2 saturated carbocycles. The lowest BCUT2D eigenvalue weighted by Gasteiger charge is -2.28. The van der Waals surface area contributed by atoms with Crippen molar-refractivity contribution in [1.29, 1.82) is 0 Å². The Labute approximate surface area is 283 Å². The number of aromatic nitrogens is 4. The van der Waals surface area contributed by atoms with Crippen LogP contribution in [-0.4, -0.2) is 86.7 Å². The second-order valence-electron chi connectivity index (χ2n) is 14.0. The molecule has 5 atom stereocenters. The molecule has 1 aromatic rings. The summed E-state index contributed by atoms with van der Waals surface area (Å²) in [6, 6.07) is -2.40. The maximum absolute atomic E-state index is 13.3. The molecular formula is C33H55N9O6. The highest BCUT2D eigenvalue weighted by molar-refractivity contribution is 6.38. The van der Waals surface area contributed by atoms with Gasteiger partial charge in [-0.05, 0) is 68.6 Å². The zero-order valence-corrected chi connectivity index (χ0v) is 29.1. The largest absolute Gasteiger partial charge is 0.354 e. The molecule has 268 valence electrons. The van der Waals surface area contributed by atoms with Crippen LogP contribution in [0.5, 0.6) is 0 Å². The quantitative estimate of drug-likeness (QED) is 0.0816. The third kappa shape index (κ3) is 12.6. The summed E-state index contributed by atoms with van der Waals surface area (Å²) in [6.07, 6.45) is 7.69. The van der Waals surface area contributed by atoms with E-state index in [9.17, 15) is 28.8 Å². The van der Waals surface area contributed by atoms with E-state index in [1.54, 1.807) is 0 Å². The third-order valence-electron chi connectivity index (χ3n) is 9.12. The second kappa shape index (κ2) is 19.2. The predicted molar refractivity (Wildman–Crippen MR) is 177 cm³/mol. The van der Waals surface area contributed by atoms with Crippen molar-refractivity contribution in [2.24, 2.45) is 23.7 Å². The first kappa shape index (κ1) is 38.5. The Morgan fingerprint density at radius 2 is 1.52 bits per heavy atom. The van der Waals surface area contributed by atoms with Crippen LogP contribution in [0.15, 0.2) is 0 Å². The number of nitrogens with one attached hydrogen (secondary N) is 6. The van der Waals surface area contributed by atoms with Gasteiger partial charge in [0.2, 0.25) is 29.4 Å². The molecule has 6 N–H and O–H groups in total. The molecule has 15 heteroatoms. The number of rotatable bonds is 21. The SMILES string of the molecule is CCCC(NC(=O)C[C@H]1CCC[C@H]1CNC(=O)[C@@H](NC(=O)[C@H](NC(=O)CCCCc1nn[nH]n1)C(C)C)C(C)C)C(=O)C(=O)NC1CC1. The van der Waals surface area contributed by atoms with E-state index in [0.29, 0.717) is 44.5 Å². The lowest BCUT2D eigenvalue weighted by Crippen LogP contribution is -2.57. The van der Waals surface area contributed by atoms with E-state index < -0.39 is 35.7 Å². The monoisotopic (exact) mass is 673 g/mol. The summed E-state index contributed by atoms with van der Waals surface area (Å²) < 4.78 is 0. The molecular weight excluding hydrogens is 618 g/mol. The number of amides is 5. The number of unbranched alkanes of at least 4 members (excludes halogenated alkanes) is 1. The van der Waals surface area contributed by atoms with Gasteiger partial charge in [0, 0.05) is 31.8 Å².